The van der Waals surface area contributed by atoms with Crippen LogP contribution in [0.3, 0.4) is 0 Å². The molecule has 1 atom stereocenters. The quantitative estimate of drug-likeness (QED) is 0.300. The Morgan fingerprint density at radius 1 is 1.21 bits per heavy atom. The van der Waals surface area contributed by atoms with Crippen molar-refractivity contribution in [1.29, 1.82) is 0 Å². The van der Waals surface area contributed by atoms with Gasteiger partial charge in [0, 0.05) is 43.6 Å². The maximum Gasteiger partial charge on any atom is 0.191 e. The van der Waals surface area contributed by atoms with E-state index in [0.717, 1.165) is 61.8 Å². The van der Waals surface area contributed by atoms with Gasteiger partial charge in [-0.05, 0) is 38.0 Å². The van der Waals surface area contributed by atoms with Crippen LogP contribution in [0.1, 0.15) is 19.8 Å². The SMILES string of the molecule is CCNC(=NCC1(CCO)CCOC1)NCCNc1ccc2ccccc2n1. The average Bonchev–Trinajstić information content (AvgIpc) is 3.18. The van der Waals surface area contributed by atoms with Crippen LogP contribution in [0.15, 0.2) is 41.4 Å². The summed E-state index contributed by atoms with van der Waals surface area (Å²) in [5.74, 6) is 1.66. The molecule has 152 valence electrons. The van der Waals surface area contributed by atoms with Crippen molar-refractivity contribution in [2.45, 2.75) is 19.8 Å². The molecule has 0 saturated carbocycles. The van der Waals surface area contributed by atoms with Crippen LogP contribution in [0.25, 0.3) is 10.9 Å². The maximum absolute atomic E-state index is 9.36. The number of guanidine groups is 1. The van der Waals surface area contributed by atoms with Gasteiger partial charge in [-0.25, -0.2) is 4.98 Å². The van der Waals surface area contributed by atoms with Crippen LogP contribution in [-0.2, 0) is 4.74 Å². The smallest absolute Gasteiger partial charge is 0.191 e. The third-order valence-electron chi connectivity index (χ3n) is 5.07. The molecule has 3 rings (SSSR count). The van der Waals surface area contributed by atoms with Gasteiger partial charge in [0.15, 0.2) is 5.96 Å². The highest BCUT2D eigenvalue weighted by atomic mass is 16.5. The Morgan fingerprint density at radius 2 is 2.11 bits per heavy atom. The van der Waals surface area contributed by atoms with Gasteiger partial charge < -0.3 is 25.8 Å². The third kappa shape index (κ3) is 5.56. The second-order valence-electron chi connectivity index (χ2n) is 7.21. The van der Waals surface area contributed by atoms with Gasteiger partial charge in [0.1, 0.15) is 5.82 Å². The summed E-state index contributed by atoms with van der Waals surface area (Å²) in [5.41, 5.74) is 0.952. The molecule has 1 aromatic heterocycles. The summed E-state index contributed by atoms with van der Waals surface area (Å²) >= 11 is 0. The molecule has 1 unspecified atom stereocenters. The van der Waals surface area contributed by atoms with E-state index in [0.29, 0.717) is 13.2 Å². The predicted molar refractivity (Wildman–Crippen MR) is 114 cm³/mol. The summed E-state index contributed by atoms with van der Waals surface area (Å²) in [6.07, 6.45) is 1.68. The van der Waals surface area contributed by atoms with Crippen LogP contribution in [-0.4, -0.2) is 62.0 Å². The second kappa shape index (κ2) is 10.2. The van der Waals surface area contributed by atoms with Gasteiger partial charge in [0.25, 0.3) is 0 Å². The Hall–Kier alpha value is -2.38. The molecule has 4 N–H and O–H groups in total. The number of hydrogen-bond donors (Lipinski definition) is 4. The highest BCUT2D eigenvalue weighted by Crippen LogP contribution is 2.32. The Bertz CT molecular complexity index is 774. The second-order valence-corrected chi connectivity index (χ2v) is 7.21. The fraction of sp³-hybridized carbons (Fsp3) is 0.524. The summed E-state index contributed by atoms with van der Waals surface area (Å²) < 4.78 is 5.55. The molecule has 7 nitrogen and oxygen atoms in total. The molecular formula is C21H31N5O2. The maximum atomic E-state index is 9.36. The molecule has 0 bridgehead atoms. The number of aromatic nitrogens is 1. The average molecular weight is 386 g/mol. The standard InChI is InChI=1S/C21H31N5O2/c1-2-22-20(25-15-21(9-13-27)10-14-28-16-21)24-12-11-23-19-8-7-17-5-3-4-6-18(17)26-19/h3-8,27H,2,9-16H2,1H3,(H,23,26)(H2,22,24,25). The molecule has 1 aliphatic heterocycles. The third-order valence-corrected chi connectivity index (χ3v) is 5.07. The van der Waals surface area contributed by atoms with Crippen molar-refractivity contribution in [3.63, 3.8) is 0 Å². The summed E-state index contributed by atoms with van der Waals surface area (Å²) in [7, 11) is 0. The van der Waals surface area contributed by atoms with E-state index in [9.17, 15) is 5.11 Å². The first-order valence-corrected chi connectivity index (χ1v) is 10.1. The minimum atomic E-state index is -0.0373. The van der Waals surface area contributed by atoms with Crippen LogP contribution in [0.5, 0.6) is 0 Å². The van der Waals surface area contributed by atoms with Crippen molar-refractivity contribution in [2.24, 2.45) is 10.4 Å². The van der Waals surface area contributed by atoms with Crippen molar-refractivity contribution < 1.29 is 9.84 Å². The molecule has 7 heteroatoms. The Balaban J connectivity index is 1.49. The van der Waals surface area contributed by atoms with Crippen LogP contribution in [0.2, 0.25) is 0 Å². The number of anilines is 1. The zero-order chi connectivity index (χ0) is 19.7. The van der Waals surface area contributed by atoms with E-state index in [-0.39, 0.29) is 12.0 Å². The Labute approximate surface area is 166 Å². The van der Waals surface area contributed by atoms with Crippen LogP contribution in [0.4, 0.5) is 5.82 Å². The molecule has 1 saturated heterocycles. The molecule has 2 aromatic rings. The van der Waals surface area contributed by atoms with Gasteiger partial charge in [-0.3, -0.25) is 4.99 Å². The number of ether oxygens (including phenoxy) is 1. The fourth-order valence-electron chi connectivity index (χ4n) is 3.41. The van der Waals surface area contributed by atoms with E-state index >= 15 is 0 Å². The van der Waals surface area contributed by atoms with Crippen LogP contribution in [0, 0.1) is 5.41 Å². The zero-order valence-electron chi connectivity index (χ0n) is 16.6. The van der Waals surface area contributed by atoms with E-state index in [1.165, 1.54) is 0 Å². The lowest BCUT2D eigenvalue weighted by Crippen LogP contribution is -2.40. The van der Waals surface area contributed by atoms with Crippen LogP contribution >= 0.6 is 0 Å². The van der Waals surface area contributed by atoms with Gasteiger partial charge in [-0.15, -0.1) is 0 Å². The molecule has 0 aliphatic carbocycles. The summed E-state index contributed by atoms with van der Waals surface area (Å²) in [6, 6.07) is 12.2. The molecule has 0 radical (unpaired) electrons. The Morgan fingerprint density at radius 3 is 2.89 bits per heavy atom. The van der Waals surface area contributed by atoms with Gasteiger partial charge >= 0.3 is 0 Å². The van der Waals surface area contributed by atoms with E-state index in [4.69, 9.17) is 9.73 Å². The molecule has 0 amide bonds. The topological polar surface area (TPSA) is 90.8 Å². The number of pyridine rings is 1. The molecule has 2 heterocycles. The highest BCUT2D eigenvalue weighted by Gasteiger charge is 2.34. The molecule has 1 aliphatic rings. The van der Waals surface area contributed by atoms with Crippen molar-refractivity contribution in [3.05, 3.63) is 36.4 Å². The number of hydrogen-bond acceptors (Lipinski definition) is 5. The number of nitrogens with zero attached hydrogens (tertiary/aromatic N) is 2. The first kappa shape index (κ1) is 20.4. The largest absolute Gasteiger partial charge is 0.396 e. The van der Waals surface area contributed by atoms with Crippen molar-refractivity contribution in [2.75, 3.05) is 51.3 Å². The highest BCUT2D eigenvalue weighted by molar-refractivity contribution is 5.80. The zero-order valence-corrected chi connectivity index (χ0v) is 16.6. The number of benzene rings is 1. The number of para-hydroxylation sites is 1. The lowest BCUT2D eigenvalue weighted by Gasteiger charge is -2.24. The number of fused-ring (bicyclic) bond motifs is 1. The number of aliphatic imine (C=N–C) groups is 1. The summed E-state index contributed by atoms with van der Waals surface area (Å²) in [6.45, 7) is 6.57. The molecule has 0 spiro atoms. The summed E-state index contributed by atoms with van der Waals surface area (Å²) in [5, 5.41) is 20.5. The molecule has 28 heavy (non-hydrogen) atoms. The Kier molecular flexibility index (Phi) is 7.45. The van der Waals surface area contributed by atoms with E-state index < -0.39 is 0 Å². The lowest BCUT2D eigenvalue weighted by atomic mass is 9.84. The number of aliphatic hydroxyl groups is 1. The van der Waals surface area contributed by atoms with E-state index in [2.05, 4.69) is 40.0 Å². The monoisotopic (exact) mass is 385 g/mol. The normalized spacial score (nSPS) is 19.7. The predicted octanol–water partition coefficient (Wildman–Crippen LogP) is 1.99. The number of nitrogens with one attached hydrogen (secondary N) is 3. The minimum Gasteiger partial charge on any atom is -0.396 e. The first-order valence-electron chi connectivity index (χ1n) is 10.1. The van der Waals surface area contributed by atoms with Crippen molar-refractivity contribution >= 4 is 22.7 Å². The first-order chi connectivity index (χ1) is 13.7. The molecule has 1 aromatic carbocycles. The number of aliphatic hydroxyl groups excluding tert-OH is 1. The summed E-state index contributed by atoms with van der Waals surface area (Å²) in [4.78, 5) is 9.36. The van der Waals surface area contributed by atoms with Crippen LogP contribution < -0.4 is 16.0 Å². The van der Waals surface area contributed by atoms with Gasteiger partial charge in [0.05, 0.1) is 18.7 Å². The molecular weight excluding hydrogens is 354 g/mol. The van der Waals surface area contributed by atoms with Gasteiger partial charge in [-0.1, -0.05) is 18.2 Å². The minimum absolute atomic E-state index is 0.0373. The number of rotatable bonds is 9. The van der Waals surface area contributed by atoms with Gasteiger partial charge in [0.2, 0.25) is 0 Å². The fourth-order valence-corrected chi connectivity index (χ4v) is 3.41. The van der Waals surface area contributed by atoms with Crippen molar-refractivity contribution in [1.82, 2.24) is 15.6 Å². The van der Waals surface area contributed by atoms with E-state index in [1.54, 1.807) is 0 Å². The van der Waals surface area contributed by atoms with E-state index in [1.807, 2.05) is 24.3 Å². The molecule has 1 fully saturated rings. The van der Waals surface area contributed by atoms with Gasteiger partial charge in [-0.2, -0.15) is 0 Å². The lowest BCUT2D eigenvalue weighted by molar-refractivity contribution is 0.131. The van der Waals surface area contributed by atoms with Crippen molar-refractivity contribution in [3.8, 4) is 0 Å².